The minimum absolute atomic E-state index is 0.153. The molecule has 1 aromatic rings. The molecule has 2 rings (SSSR count). The number of ether oxygens (including phenoxy) is 1. The fourth-order valence-electron chi connectivity index (χ4n) is 2.14. The van der Waals surface area contributed by atoms with Crippen LogP contribution in [-0.2, 0) is 14.3 Å². The zero-order chi connectivity index (χ0) is 13.8. The molecule has 102 valence electrons. The van der Waals surface area contributed by atoms with E-state index in [2.05, 4.69) is 5.32 Å². The standard InChI is InChI=1S/C14H17NO4/c1-9(10-5-3-2-4-6-10)13(16)15-12-8-19-7-11(12)14(17)18/h2-6,9,11-12H,7-8H2,1H3,(H,15,16)(H,17,18). The summed E-state index contributed by atoms with van der Waals surface area (Å²) in [6.45, 7) is 2.21. The summed E-state index contributed by atoms with van der Waals surface area (Å²) < 4.78 is 5.12. The van der Waals surface area contributed by atoms with Gasteiger partial charge in [0.2, 0.25) is 5.91 Å². The molecule has 1 aliphatic heterocycles. The molecule has 0 bridgehead atoms. The quantitative estimate of drug-likeness (QED) is 0.850. The lowest BCUT2D eigenvalue weighted by atomic mass is 9.98. The van der Waals surface area contributed by atoms with E-state index in [1.165, 1.54) is 0 Å². The lowest BCUT2D eigenvalue weighted by Crippen LogP contribution is -2.44. The maximum Gasteiger partial charge on any atom is 0.311 e. The van der Waals surface area contributed by atoms with Crippen molar-refractivity contribution in [2.45, 2.75) is 18.9 Å². The normalized spacial score (nSPS) is 23.8. The highest BCUT2D eigenvalue weighted by Gasteiger charge is 2.35. The molecule has 3 atom stereocenters. The van der Waals surface area contributed by atoms with Crippen molar-refractivity contribution < 1.29 is 19.4 Å². The Kier molecular flexibility index (Phi) is 4.16. The van der Waals surface area contributed by atoms with Gasteiger partial charge in [-0.2, -0.15) is 0 Å². The van der Waals surface area contributed by atoms with E-state index in [0.29, 0.717) is 0 Å². The van der Waals surface area contributed by atoms with Gasteiger partial charge in [0.05, 0.1) is 25.2 Å². The largest absolute Gasteiger partial charge is 0.481 e. The summed E-state index contributed by atoms with van der Waals surface area (Å²) in [5.74, 6) is -2.08. The predicted octanol–water partition coefficient (Wildman–Crippen LogP) is 1.01. The van der Waals surface area contributed by atoms with Gasteiger partial charge in [-0.25, -0.2) is 0 Å². The Morgan fingerprint density at radius 2 is 2.00 bits per heavy atom. The Labute approximate surface area is 111 Å². The van der Waals surface area contributed by atoms with E-state index in [4.69, 9.17) is 9.84 Å². The minimum atomic E-state index is -0.935. The second-order valence-corrected chi connectivity index (χ2v) is 4.73. The molecule has 19 heavy (non-hydrogen) atoms. The molecule has 3 unspecified atom stereocenters. The van der Waals surface area contributed by atoms with Gasteiger partial charge in [-0.1, -0.05) is 30.3 Å². The zero-order valence-electron chi connectivity index (χ0n) is 10.7. The van der Waals surface area contributed by atoms with Crippen molar-refractivity contribution in [1.29, 1.82) is 0 Å². The highest BCUT2D eigenvalue weighted by Crippen LogP contribution is 2.18. The third-order valence-electron chi connectivity index (χ3n) is 3.42. The third-order valence-corrected chi connectivity index (χ3v) is 3.42. The van der Waals surface area contributed by atoms with Gasteiger partial charge in [0, 0.05) is 0 Å². The van der Waals surface area contributed by atoms with Crippen LogP contribution < -0.4 is 5.32 Å². The molecule has 2 N–H and O–H groups in total. The van der Waals surface area contributed by atoms with Gasteiger partial charge in [-0.3, -0.25) is 9.59 Å². The Balaban J connectivity index is 1.99. The van der Waals surface area contributed by atoms with Gasteiger partial charge >= 0.3 is 5.97 Å². The van der Waals surface area contributed by atoms with E-state index in [-0.39, 0.29) is 25.0 Å². The van der Waals surface area contributed by atoms with Crippen LogP contribution in [0.5, 0.6) is 0 Å². The molecule has 0 radical (unpaired) electrons. The average Bonchev–Trinajstić information content (AvgIpc) is 2.87. The first kappa shape index (κ1) is 13.5. The fraction of sp³-hybridized carbons (Fsp3) is 0.429. The van der Waals surface area contributed by atoms with Crippen molar-refractivity contribution in [2.24, 2.45) is 5.92 Å². The van der Waals surface area contributed by atoms with Crippen LogP contribution in [0.2, 0.25) is 0 Å². The number of carboxylic acids is 1. The molecule has 1 aliphatic rings. The summed E-state index contributed by atoms with van der Waals surface area (Å²) in [6, 6.07) is 8.94. The minimum Gasteiger partial charge on any atom is -0.481 e. The highest BCUT2D eigenvalue weighted by atomic mass is 16.5. The Bertz CT molecular complexity index is 460. The molecule has 1 fully saturated rings. The van der Waals surface area contributed by atoms with E-state index in [1.54, 1.807) is 6.92 Å². The van der Waals surface area contributed by atoms with Crippen molar-refractivity contribution in [3.05, 3.63) is 35.9 Å². The van der Waals surface area contributed by atoms with E-state index in [1.807, 2.05) is 30.3 Å². The molecule has 1 aromatic carbocycles. The van der Waals surface area contributed by atoms with Gasteiger partial charge in [0.1, 0.15) is 5.92 Å². The van der Waals surface area contributed by atoms with Gasteiger partial charge in [-0.05, 0) is 12.5 Å². The van der Waals surface area contributed by atoms with E-state index in [0.717, 1.165) is 5.56 Å². The number of aliphatic carboxylic acids is 1. The van der Waals surface area contributed by atoms with Crippen LogP contribution >= 0.6 is 0 Å². The number of benzene rings is 1. The fourth-order valence-corrected chi connectivity index (χ4v) is 2.14. The second-order valence-electron chi connectivity index (χ2n) is 4.73. The summed E-state index contributed by atoms with van der Waals surface area (Å²) in [4.78, 5) is 23.1. The lowest BCUT2D eigenvalue weighted by molar-refractivity contribution is -0.142. The van der Waals surface area contributed by atoms with Crippen molar-refractivity contribution in [2.75, 3.05) is 13.2 Å². The van der Waals surface area contributed by atoms with Gasteiger partial charge in [0.25, 0.3) is 0 Å². The van der Waals surface area contributed by atoms with Crippen molar-refractivity contribution in [3.8, 4) is 0 Å². The SMILES string of the molecule is CC(C(=O)NC1COCC1C(=O)O)c1ccccc1. The van der Waals surface area contributed by atoms with Gasteiger partial charge in [-0.15, -0.1) is 0 Å². The number of nitrogens with one attached hydrogen (secondary N) is 1. The Morgan fingerprint density at radius 3 is 2.63 bits per heavy atom. The first-order valence-corrected chi connectivity index (χ1v) is 6.25. The summed E-state index contributed by atoms with van der Waals surface area (Å²) in [5.41, 5.74) is 0.908. The molecule has 0 saturated carbocycles. The van der Waals surface area contributed by atoms with Crippen LogP contribution in [0.4, 0.5) is 0 Å². The van der Waals surface area contributed by atoms with Crippen LogP contribution in [0.3, 0.4) is 0 Å². The maximum absolute atomic E-state index is 12.1. The lowest BCUT2D eigenvalue weighted by Gasteiger charge is -2.19. The van der Waals surface area contributed by atoms with Gasteiger partial charge in [0.15, 0.2) is 0 Å². The van der Waals surface area contributed by atoms with Gasteiger partial charge < -0.3 is 15.2 Å². The van der Waals surface area contributed by atoms with Crippen molar-refractivity contribution >= 4 is 11.9 Å². The first-order valence-electron chi connectivity index (χ1n) is 6.25. The average molecular weight is 263 g/mol. The maximum atomic E-state index is 12.1. The summed E-state index contributed by atoms with van der Waals surface area (Å²) in [5, 5.41) is 11.8. The predicted molar refractivity (Wildman–Crippen MR) is 68.7 cm³/mol. The Hall–Kier alpha value is -1.88. The number of carbonyl (C=O) groups excluding carboxylic acids is 1. The molecule has 5 heteroatoms. The molecule has 1 saturated heterocycles. The summed E-state index contributed by atoms with van der Waals surface area (Å²) in [6.07, 6.45) is 0. The Morgan fingerprint density at radius 1 is 1.32 bits per heavy atom. The topological polar surface area (TPSA) is 75.6 Å². The molecule has 1 heterocycles. The molecule has 0 spiro atoms. The molecular weight excluding hydrogens is 246 g/mol. The number of hydrogen-bond donors (Lipinski definition) is 2. The number of amides is 1. The highest BCUT2D eigenvalue weighted by molar-refractivity contribution is 5.84. The summed E-state index contributed by atoms with van der Waals surface area (Å²) in [7, 11) is 0. The van der Waals surface area contributed by atoms with Crippen LogP contribution in [0, 0.1) is 5.92 Å². The zero-order valence-corrected chi connectivity index (χ0v) is 10.7. The van der Waals surface area contributed by atoms with Crippen molar-refractivity contribution in [1.82, 2.24) is 5.32 Å². The number of carboxylic acid groups (broad SMARTS) is 1. The van der Waals surface area contributed by atoms with Crippen molar-refractivity contribution in [3.63, 3.8) is 0 Å². The molecular formula is C14H17NO4. The molecule has 0 aromatic heterocycles. The van der Waals surface area contributed by atoms with Crippen LogP contribution in [-0.4, -0.2) is 36.2 Å². The molecule has 1 amide bonds. The van der Waals surface area contributed by atoms with Crippen LogP contribution in [0.15, 0.2) is 30.3 Å². The molecule has 0 aliphatic carbocycles. The van der Waals surface area contributed by atoms with E-state index < -0.39 is 17.9 Å². The van der Waals surface area contributed by atoms with E-state index in [9.17, 15) is 9.59 Å². The number of rotatable bonds is 4. The van der Waals surface area contributed by atoms with Crippen LogP contribution in [0.1, 0.15) is 18.4 Å². The number of hydrogen-bond acceptors (Lipinski definition) is 3. The van der Waals surface area contributed by atoms with E-state index >= 15 is 0 Å². The van der Waals surface area contributed by atoms with Crippen LogP contribution in [0.25, 0.3) is 0 Å². The first-order chi connectivity index (χ1) is 9.09. The smallest absolute Gasteiger partial charge is 0.311 e. The summed E-state index contributed by atoms with van der Waals surface area (Å²) >= 11 is 0. The monoisotopic (exact) mass is 263 g/mol. The number of carbonyl (C=O) groups is 2. The second kappa shape index (κ2) is 5.84. The molecule has 5 nitrogen and oxygen atoms in total. The third kappa shape index (κ3) is 3.12.